The van der Waals surface area contributed by atoms with Crippen molar-refractivity contribution >= 4 is 17.5 Å². The molecule has 0 aliphatic carbocycles. The van der Waals surface area contributed by atoms with Crippen LogP contribution in [0.2, 0.25) is 5.02 Å². The predicted molar refractivity (Wildman–Crippen MR) is 93.9 cm³/mol. The molecule has 2 rings (SSSR count). The number of rotatable bonds is 6. The average Bonchev–Trinajstić information content (AvgIpc) is 2.55. The Kier molecular flexibility index (Phi) is 6.05. The lowest BCUT2D eigenvalue weighted by Crippen LogP contribution is -2.38. The molecule has 4 heteroatoms. The first-order valence-corrected chi connectivity index (χ1v) is 8.16. The smallest absolute Gasteiger partial charge is 0.261 e. The van der Waals surface area contributed by atoms with E-state index in [1.807, 2.05) is 6.92 Å². The van der Waals surface area contributed by atoms with Gasteiger partial charge in [0.1, 0.15) is 5.75 Å². The molecule has 0 spiro atoms. The van der Waals surface area contributed by atoms with E-state index >= 15 is 0 Å². The lowest BCUT2D eigenvalue weighted by molar-refractivity contribution is -0.128. The second-order valence-corrected chi connectivity index (χ2v) is 6.03. The summed E-state index contributed by atoms with van der Waals surface area (Å²) in [6.07, 6.45) is 0.248. The molecule has 3 nitrogen and oxygen atoms in total. The third-order valence-electron chi connectivity index (χ3n) is 3.70. The number of halogens is 1. The molecule has 0 saturated carbocycles. The Morgan fingerprint density at radius 2 is 1.74 bits per heavy atom. The van der Waals surface area contributed by atoms with Gasteiger partial charge in [-0.05, 0) is 50.1 Å². The van der Waals surface area contributed by atoms with Gasteiger partial charge in [0, 0.05) is 5.02 Å². The van der Waals surface area contributed by atoms with E-state index in [0.29, 0.717) is 10.8 Å². The fraction of sp³-hybridized carbons (Fsp3) is 0.316. The Morgan fingerprint density at radius 3 is 2.30 bits per heavy atom. The number of nitrogens with one attached hydrogen (secondary N) is 1. The summed E-state index contributed by atoms with van der Waals surface area (Å²) in [7, 11) is 0. The van der Waals surface area contributed by atoms with E-state index in [1.54, 1.807) is 31.2 Å². The minimum atomic E-state index is -0.573. The van der Waals surface area contributed by atoms with Crippen molar-refractivity contribution in [3.05, 3.63) is 64.7 Å². The van der Waals surface area contributed by atoms with Crippen LogP contribution in [0.4, 0.5) is 0 Å². The van der Waals surface area contributed by atoms with Gasteiger partial charge >= 0.3 is 0 Å². The maximum atomic E-state index is 12.4. The van der Waals surface area contributed by atoms with Crippen LogP contribution in [0.3, 0.4) is 0 Å². The first kappa shape index (κ1) is 17.4. The lowest BCUT2D eigenvalue weighted by atomic mass is 10.0. The van der Waals surface area contributed by atoms with Gasteiger partial charge in [-0.2, -0.15) is 0 Å². The summed E-state index contributed by atoms with van der Waals surface area (Å²) >= 11 is 5.84. The molecule has 1 amide bonds. The van der Waals surface area contributed by atoms with Gasteiger partial charge in [0.15, 0.2) is 6.10 Å². The summed E-state index contributed by atoms with van der Waals surface area (Å²) < 4.78 is 5.66. The fourth-order valence-corrected chi connectivity index (χ4v) is 2.41. The summed E-state index contributed by atoms with van der Waals surface area (Å²) in [4.78, 5) is 12.4. The molecular weight excluding hydrogens is 310 g/mol. The lowest BCUT2D eigenvalue weighted by Gasteiger charge is -2.21. The Labute approximate surface area is 142 Å². The molecule has 0 aromatic heterocycles. The zero-order chi connectivity index (χ0) is 16.8. The van der Waals surface area contributed by atoms with E-state index in [1.165, 1.54) is 5.56 Å². The molecule has 0 unspecified atom stereocenters. The molecule has 2 atom stereocenters. The van der Waals surface area contributed by atoms with Crippen LogP contribution >= 0.6 is 11.6 Å². The first-order chi connectivity index (χ1) is 11.0. The SMILES string of the molecule is CC[C@@H](NC(=O)[C@@H](C)Oc1ccc(Cl)cc1)c1ccc(C)cc1. The third kappa shape index (κ3) is 5.00. The molecule has 0 aliphatic heterocycles. The number of carbonyl (C=O) groups excluding carboxylic acids is 1. The van der Waals surface area contributed by atoms with E-state index in [9.17, 15) is 4.79 Å². The molecule has 0 aliphatic rings. The van der Waals surface area contributed by atoms with Crippen molar-refractivity contribution in [1.29, 1.82) is 0 Å². The second-order valence-electron chi connectivity index (χ2n) is 5.59. The summed E-state index contributed by atoms with van der Waals surface area (Å²) in [6.45, 7) is 5.84. The maximum Gasteiger partial charge on any atom is 0.261 e. The number of benzene rings is 2. The Hall–Kier alpha value is -2.00. The van der Waals surface area contributed by atoms with E-state index in [0.717, 1.165) is 12.0 Å². The summed E-state index contributed by atoms with van der Waals surface area (Å²) in [5, 5.41) is 3.68. The van der Waals surface area contributed by atoms with Crippen molar-refractivity contribution in [1.82, 2.24) is 5.32 Å². The standard InChI is InChI=1S/C19H22ClNO2/c1-4-18(15-7-5-13(2)6-8-15)21-19(22)14(3)23-17-11-9-16(20)10-12-17/h5-12,14,18H,4H2,1-3H3,(H,21,22)/t14-,18-/m1/s1. The zero-order valence-corrected chi connectivity index (χ0v) is 14.4. The molecule has 0 bridgehead atoms. The van der Waals surface area contributed by atoms with Gasteiger partial charge in [0.25, 0.3) is 5.91 Å². The maximum absolute atomic E-state index is 12.4. The van der Waals surface area contributed by atoms with E-state index in [-0.39, 0.29) is 11.9 Å². The molecule has 2 aromatic carbocycles. The highest BCUT2D eigenvalue weighted by molar-refractivity contribution is 6.30. The number of hydrogen-bond donors (Lipinski definition) is 1. The van der Waals surface area contributed by atoms with Gasteiger partial charge in [-0.3, -0.25) is 4.79 Å². The van der Waals surface area contributed by atoms with Gasteiger partial charge in [-0.25, -0.2) is 0 Å². The molecule has 1 N–H and O–H groups in total. The van der Waals surface area contributed by atoms with Gasteiger partial charge in [0.05, 0.1) is 6.04 Å². The van der Waals surface area contributed by atoms with Crippen molar-refractivity contribution in [2.24, 2.45) is 0 Å². The molecular formula is C19H22ClNO2. The topological polar surface area (TPSA) is 38.3 Å². The number of carbonyl (C=O) groups is 1. The van der Waals surface area contributed by atoms with Crippen LogP contribution in [-0.4, -0.2) is 12.0 Å². The van der Waals surface area contributed by atoms with Crippen molar-refractivity contribution in [3.63, 3.8) is 0 Å². The van der Waals surface area contributed by atoms with Crippen molar-refractivity contribution in [2.45, 2.75) is 39.3 Å². The monoisotopic (exact) mass is 331 g/mol. The minimum Gasteiger partial charge on any atom is -0.481 e. The van der Waals surface area contributed by atoms with Gasteiger partial charge in [-0.1, -0.05) is 48.4 Å². The second kappa shape index (κ2) is 8.02. The Balaban J connectivity index is 1.98. The van der Waals surface area contributed by atoms with Crippen LogP contribution in [0.1, 0.15) is 37.4 Å². The number of amides is 1. The van der Waals surface area contributed by atoms with Crippen molar-refractivity contribution < 1.29 is 9.53 Å². The largest absolute Gasteiger partial charge is 0.481 e. The molecule has 0 heterocycles. The van der Waals surface area contributed by atoms with Crippen LogP contribution < -0.4 is 10.1 Å². The number of aryl methyl sites for hydroxylation is 1. The summed E-state index contributed by atoms with van der Waals surface area (Å²) in [5.74, 6) is 0.493. The number of ether oxygens (including phenoxy) is 1. The van der Waals surface area contributed by atoms with Gasteiger partial charge in [-0.15, -0.1) is 0 Å². The Bertz CT molecular complexity index is 637. The minimum absolute atomic E-state index is 0.0145. The zero-order valence-electron chi connectivity index (χ0n) is 13.7. The average molecular weight is 332 g/mol. The van der Waals surface area contributed by atoms with Crippen molar-refractivity contribution in [2.75, 3.05) is 0 Å². The summed E-state index contributed by atoms with van der Waals surface area (Å²) in [6, 6.07) is 15.2. The normalized spacial score (nSPS) is 13.2. The first-order valence-electron chi connectivity index (χ1n) is 7.78. The molecule has 0 radical (unpaired) electrons. The van der Waals surface area contributed by atoms with Gasteiger partial charge in [0.2, 0.25) is 0 Å². The van der Waals surface area contributed by atoms with E-state index in [2.05, 4.69) is 36.5 Å². The van der Waals surface area contributed by atoms with Gasteiger partial charge < -0.3 is 10.1 Å². The van der Waals surface area contributed by atoms with E-state index < -0.39 is 6.10 Å². The molecule has 122 valence electrons. The highest BCUT2D eigenvalue weighted by Gasteiger charge is 2.19. The predicted octanol–water partition coefficient (Wildman–Crippen LogP) is 4.68. The van der Waals surface area contributed by atoms with Crippen LogP contribution in [0.5, 0.6) is 5.75 Å². The third-order valence-corrected chi connectivity index (χ3v) is 3.95. The van der Waals surface area contributed by atoms with Crippen LogP contribution in [0.25, 0.3) is 0 Å². The number of hydrogen-bond acceptors (Lipinski definition) is 2. The molecule has 0 fully saturated rings. The summed E-state index contributed by atoms with van der Waals surface area (Å²) in [5.41, 5.74) is 2.31. The van der Waals surface area contributed by atoms with Crippen LogP contribution in [0.15, 0.2) is 48.5 Å². The Morgan fingerprint density at radius 1 is 1.13 bits per heavy atom. The molecule has 0 saturated heterocycles. The van der Waals surface area contributed by atoms with Crippen molar-refractivity contribution in [3.8, 4) is 5.75 Å². The fourth-order valence-electron chi connectivity index (χ4n) is 2.28. The molecule has 2 aromatic rings. The molecule has 23 heavy (non-hydrogen) atoms. The van der Waals surface area contributed by atoms with Crippen LogP contribution in [-0.2, 0) is 4.79 Å². The van der Waals surface area contributed by atoms with E-state index in [4.69, 9.17) is 16.3 Å². The quantitative estimate of drug-likeness (QED) is 0.834. The van der Waals surface area contributed by atoms with Crippen LogP contribution in [0, 0.1) is 6.92 Å². The highest BCUT2D eigenvalue weighted by Crippen LogP contribution is 2.19. The highest BCUT2D eigenvalue weighted by atomic mass is 35.5.